The molecule has 1 aromatic heterocycles. The smallest absolute Gasteiger partial charge is 0.0746 e. The molecule has 1 atom stereocenters. The van der Waals surface area contributed by atoms with Crippen LogP contribution in [0.3, 0.4) is 0 Å². The molecule has 0 spiro atoms. The zero-order valence-electron chi connectivity index (χ0n) is 11.4. The zero-order valence-corrected chi connectivity index (χ0v) is 11.4. The van der Waals surface area contributed by atoms with Crippen LogP contribution in [0.4, 0.5) is 0 Å². The Labute approximate surface area is 109 Å². The summed E-state index contributed by atoms with van der Waals surface area (Å²) in [5.41, 5.74) is 2.36. The lowest BCUT2D eigenvalue weighted by Gasteiger charge is -2.18. The summed E-state index contributed by atoms with van der Waals surface area (Å²) >= 11 is 0. The minimum Gasteiger partial charge on any atom is -0.309 e. The van der Waals surface area contributed by atoms with E-state index >= 15 is 0 Å². The summed E-state index contributed by atoms with van der Waals surface area (Å²) in [5, 5.41) is 4.75. The molecule has 1 unspecified atom stereocenters. The minimum absolute atomic E-state index is 0.471. The SMILES string of the molecule is CC(CN(C)C)NCc1cccc2cccnc12. The summed E-state index contributed by atoms with van der Waals surface area (Å²) in [5.74, 6) is 0. The van der Waals surface area contributed by atoms with Gasteiger partial charge >= 0.3 is 0 Å². The number of para-hydroxylation sites is 1. The maximum atomic E-state index is 4.47. The van der Waals surface area contributed by atoms with Gasteiger partial charge in [-0.25, -0.2) is 0 Å². The van der Waals surface area contributed by atoms with Gasteiger partial charge in [-0.2, -0.15) is 0 Å². The number of hydrogen-bond donors (Lipinski definition) is 1. The topological polar surface area (TPSA) is 28.2 Å². The number of likely N-dealkylation sites (N-methyl/N-ethyl adjacent to an activating group) is 1. The molecule has 96 valence electrons. The zero-order chi connectivity index (χ0) is 13.0. The highest BCUT2D eigenvalue weighted by molar-refractivity contribution is 5.81. The summed E-state index contributed by atoms with van der Waals surface area (Å²) in [6.07, 6.45) is 1.86. The van der Waals surface area contributed by atoms with Crippen LogP contribution in [0.25, 0.3) is 10.9 Å². The number of hydrogen-bond acceptors (Lipinski definition) is 3. The summed E-state index contributed by atoms with van der Waals surface area (Å²) < 4.78 is 0. The Morgan fingerprint density at radius 2 is 2.00 bits per heavy atom. The molecular formula is C15H21N3. The average molecular weight is 243 g/mol. The van der Waals surface area contributed by atoms with E-state index in [1.807, 2.05) is 12.3 Å². The highest BCUT2D eigenvalue weighted by Crippen LogP contribution is 2.15. The van der Waals surface area contributed by atoms with E-state index in [0.717, 1.165) is 18.6 Å². The highest BCUT2D eigenvalue weighted by atomic mass is 15.1. The Balaban J connectivity index is 2.08. The van der Waals surface area contributed by atoms with Crippen molar-refractivity contribution in [3.8, 4) is 0 Å². The average Bonchev–Trinajstić information content (AvgIpc) is 2.35. The largest absolute Gasteiger partial charge is 0.309 e. The van der Waals surface area contributed by atoms with Crippen LogP contribution in [0.5, 0.6) is 0 Å². The van der Waals surface area contributed by atoms with Crippen LogP contribution < -0.4 is 5.32 Å². The van der Waals surface area contributed by atoms with Crippen LogP contribution in [0, 0.1) is 0 Å². The number of pyridine rings is 1. The van der Waals surface area contributed by atoms with Crippen LogP contribution >= 0.6 is 0 Å². The molecule has 3 heteroatoms. The molecule has 0 aliphatic rings. The molecule has 0 amide bonds. The van der Waals surface area contributed by atoms with Crippen molar-refractivity contribution < 1.29 is 0 Å². The van der Waals surface area contributed by atoms with Crippen molar-refractivity contribution >= 4 is 10.9 Å². The fourth-order valence-electron chi connectivity index (χ4n) is 2.21. The summed E-state index contributed by atoms with van der Waals surface area (Å²) in [6, 6.07) is 10.9. The van der Waals surface area contributed by atoms with Crippen molar-refractivity contribution in [3.05, 3.63) is 42.1 Å². The lowest BCUT2D eigenvalue weighted by molar-refractivity contribution is 0.349. The van der Waals surface area contributed by atoms with Gasteiger partial charge in [-0.1, -0.05) is 24.3 Å². The quantitative estimate of drug-likeness (QED) is 0.873. The van der Waals surface area contributed by atoms with Gasteiger partial charge < -0.3 is 10.2 Å². The van der Waals surface area contributed by atoms with Gasteiger partial charge in [0.05, 0.1) is 5.52 Å². The lowest BCUT2D eigenvalue weighted by Crippen LogP contribution is -2.35. The van der Waals surface area contributed by atoms with Crippen molar-refractivity contribution in [3.63, 3.8) is 0 Å². The predicted octanol–water partition coefficient (Wildman–Crippen LogP) is 2.27. The first kappa shape index (κ1) is 13.0. The van der Waals surface area contributed by atoms with Crippen LogP contribution in [0.15, 0.2) is 36.5 Å². The van der Waals surface area contributed by atoms with Crippen LogP contribution in [-0.4, -0.2) is 36.6 Å². The number of nitrogens with zero attached hydrogens (tertiary/aromatic N) is 2. The maximum Gasteiger partial charge on any atom is 0.0746 e. The second-order valence-electron chi connectivity index (χ2n) is 5.04. The highest BCUT2D eigenvalue weighted by Gasteiger charge is 2.05. The predicted molar refractivity (Wildman–Crippen MR) is 76.6 cm³/mol. The maximum absolute atomic E-state index is 4.47. The normalized spacial score (nSPS) is 13.1. The van der Waals surface area contributed by atoms with E-state index in [2.05, 4.69) is 60.5 Å². The molecular weight excluding hydrogens is 222 g/mol. The van der Waals surface area contributed by atoms with Crippen LogP contribution in [0.1, 0.15) is 12.5 Å². The fourth-order valence-corrected chi connectivity index (χ4v) is 2.21. The number of aromatic nitrogens is 1. The monoisotopic (exact) mass is 243 g/mol. The number of fused-ring (bicyclic) bond motifs is 1. The molecule has 1 heterocycles. The van der Waals surface area contributed by atoms with Crippen molar-refractivity contribution in [2.45, 2.75) is 19.5 Å². The lowest BCUT2D eigenvalue weighted by atomic mass is 10.1. The third kappa shape index (κ3) is 3.28. The Bertz CT molecular complexity index is 503. The Hall–Kier alpha value is -1.45. The number of benzene rings is 1. The molecule has 3 nitrogen and oxygen atoms in total. The van der Waals surface area contributed by atoms with E-state index in [4.69, 9.17) is 0 Å². The van der Waals surface area contributed by atoms with Gasteiger partial charge in [-0.3, -0.25) is 4.98 Å². The molecule has 0 saturated carbocycles. The van der Waals surface area contributed by atoms with Gasteiger partial charge in [0.2, 0.25) is 0 Å². The molecule has 0 saturated heterocycles. The Kier molecular flexibility index (Phi) is 4.28. The summed E-state index contributed by atoms with van der Waals surface area (Å²) in [4.78, 5) is 6.66. The second kappa shape index (κ2) is 5.94. The first-order chi connectivity index (χ1) is 8.66. The first-order valence-electron chi connectivity index (χ1n) is 6.37. The van der Waals surface area contributed by atoms with Gasteiger partial charge in [-0.05, 0) is 32.6 Å². The molecule has 0 radical (unpaired) electrons. The molecule has 0 aliphatic carbocycles. The number of rotatable bonds is 5. The van der Waals surface area contributed by atoms with Gasteiger partial charge in [-0.15, -0.1) is 0 Å². The van der Waals surface area contributed by atoms with Gasteiger partial charge in [0.15, 0.2) is 0 Å². The molecule has 1 N–H and O–H groups in total. The van der Waals surface area contributed by atoms with Crippen molar-refractivity contribution in [1.29, 1.82) is 0 Å². The third-order valence-electron chi connectivity index (χ3n) is 3.00. The first-order valence-corrected chi connectivity index (χ1v) is 6.37. The fraction of sp³-hybridized carbons (Fsp3) is 0.400. The Morgan fingerprint density at radius 3 is 2.78 bits per heavy atom. The Morgan fingerprint density at radius 1 is 1.22 bits per heavy atom. The minimum atomic E-state index is 0.471. The number of nitrogens with one attached hydrogen (secondary N) is 1. The molecule has 1 aromatic carbocycles. The van der Waals surface area contributed by atoms with Crippen molar-refractivity contribution in [2.24, 2.45) is 0 Å². The molecule has 2 rings (SSSR count). The van der Waals surface area contributed by atoms with E-state index in [1.54, 1.807) is 0 Å². The van der Waals surface area contributed by atoms with Crippen molar-refractivity contribution in [1.82, 2.24) is 15.2 Å². The van der Waals surface area contributed by atoms with E-state index in [9.17, 15) is 0 Å². The van der Waals surface area contributed by atoms with E-state index in [1.165, 1.54) is 10.9 Å². The van der Waals surface area contributed by atoms with E-state index in [-0.39, 0.29) is 0 Å². The summed E-state index contributed by atoms with van der Waals surface area (Å²) in [7, 11) is 4.19. The molecule has 0 bridgehead atoms. The molecule has 18 heavy (non-hydrogen) atoms. The van der Waals surface area contributed by atoms with Gasteiger partial charge in [0, 0.05) is 30.7 Å². The van der Waals surface area contributed by atoms with E-state index in [0.29, 0.717) is 6.04 Å². The standard InChI is InChI=1S/C15H21N3/c1-12(11-18(2)3)17-10-14-7-4-6-13-8-5-9-16-15(13)14/h4-9,12,17H,10-11H2,1-3H3. The second-order valence-corrected chi connectivity index (χ2v) is 5.04. The van der Waals surface area contributed by atoms with Gasteiger partial charge in [0.1, 0.15) is 0 Å². The van der Waals surface area contributed by atoms with Crippen molar-refractivity contribution in [2.75, 3.05) is 20.6 Å². The van der Waals surface area contributed by atoms with Crippen LogP contribution in [-0.2, 0) is 6.54 Å². The third-order valence-corrected chi connectivity index (χ3v) is 3.00. The summed E-state index contributed by atoms with van der Waals surface area (Å²) in [6.45, 7) is 4.11. The van der Waals surface area contributed by atoms with Crippen LogP contribution in [0.2, 0.25) is 0 Å². The van der Waals surface area contributed by atoms with E-state index < -0.39 is 0 Å². The van der Waals surface area contributed by atoms with Gasteiger partial charge in [0.25, 0.3) is 0 Å². The molecule has 2 aromatic rings. The molecule has 0 fully saturated rings. The molecule has 0 aliphatic heterocycles.